The van der Waals surface area contributed by atoms with E-state index in [1.807, 2.05) is 6.92 Å². The van der Waals surface area contributed by atoms with Gasteiger partial charge in [0.1, 0.15) is 0 Å². The van der Waals surface area contributed by atoms with Gasteiger partial charge in [-0.15, -0.1) is 0 Å². The van der Waals surface area contributed by atoms with Crippen LogP contribution >= 0.6 is 17.1 Å². The Morgan fingerprint density at radius 1 is 0.920 bits per heavy atom. The van der Waals surface area contributed by atoms with E-state index in [9.17, 15) is 22.0 Å². The van der Waals surface area contributed by atoms with Crippen molar-refractivity contribution in [3.63, 3.8) is 0 Å². The summed E-state index contributed by atoms with van der Waals surface area (Å²) < 4.78 is 78.6. The first kappa shape index (κ1) is 22.8. The third kappa shape index (κ3) is 6.17. The second-order valence-electron chi connectivity index (χ2n) is 5.63. The highest BCUT2D eigenvalue weighted by Crippen LogP contribution is 2.64. The Bertz CT molecular complexity index is 628. The van der Waals surface area contributed by atoms with Crippen molar-refractivity contribution in [1.82, 2.24) is 0 Å². The molecule has 2 unspecified atom stereocenters. The molecule has 0 bridgehead atoms. The first-order chi connectivity index (χ1) is 11.5. The van der Waals surface area contributed by atoms with Gasteiger partial charge in [0.05, 0.1) is 12.2 Å². The van der Waals surface area contributed by atoms with E-state index in [0.29, 0.717) is 6.42 Å². The number of rotatable bonds is 9. The molecular weight excluding hydrogens is 402 g/mol. The van der Waals surface area contributed by atoms with Crippen LogP contribution < -0.4 is 0 Å². The van der Waals surface area contributed by atoms with Crippen molar-refractivity contribution in [2.24, 2.45) is 0 Å². The Morgan fingerprint density at radius 2 is 1.40 bits per heavy atom. The molecule has 1 rings (SSSR count). The molecular formula is C15H20F5O2PS2. The van der Waals surface area contributed by atoms with Crippen molar-refractivity contribution in [2.75, 3.05) is 0 Å². The van der Waals surface area contributed by atoms with Crippen molar-refractivity contribution in [2.45, 2.75) is 58.5 Å². The molecule has 0 aromatic heterocycles. The molecule has 10 heteroatoms. The first-order valence-electron chi connectivity index (χ1n) is 7.64. The third-order valence-electron chi connectivity index (χ3n) is 3.01. The molecule has 0 saturated heterocycles. The maximum atomic E-state index is 13.8. The van der Waals surface area contributed by atoms with Gasteiger partial charge in [-0.25, -0.2) is 22.0 Å². The zero-order valence-corrected chi connectivity index (χ0v) is 16.8. The van der Waals surface area contributed by atoms with E-state index in [-0.39, 0.29) is 12.2 Å². The minimum Gasteiger partial charge on any atom is -0.319 e. The SMILES string of the molecule is CCCC(C)OP(=S)(OC(C)C)SCc1c(F)c(F)c(F)c(F)c1F. The maximum absolute atomic E-state index is 13.8. The lowest BCUT2D eigenvalue weighted by atomic mass is 10.2. The molecule has 144 valence electrons. The summed E-state index contributed by atoms with van der Waals surface area (Å²) in [4.78, 5) is 0. The van der Waals surface area contributed by atoms with E-state index in [1.54, 1.807) is 20.8 Å². The summed E-state index contributed by atoms with van der Waals surface area (Å²) in [6, 6.07) is 0. The summed E-state index contributed by atoms with van der Waals surface area (Å²) in [5, 5.41) is 0. The predicted molar refractivity (Wildman–Crippen MR) is 93.5 cm³/mol. The van der Waals surface area contributed by atoms with Gasteiger partial charge in [-0.3, -0.25) is 0 Å². The van der Waals surface area contributed by atoms with Crippen molar-refractivity contribution < 1.29 is 31.0 Å². The molecule has 0 fully saturated rings. The monoisotopic (exact) mass is 422 g/mol. The highest BCUT2D eigenvalue weighted by molar-refractivity contribution is 8.67. The van der Waals surface area contributed by atoms with Crippen molar-refractivity contribution >= 4 is 28.9 Å². The summed E-state index contributed by atoms with van der Waals surface area (Å²) in [5.74, 6) is -10.4. The highest BCUT2D eigenvalue weighted by atomic mass is 32.9. The van der Waals surface area contributed by atoms with Crippen molar-refractivity contribution in [1.29, 1.82) is 0 Å². The molecule has 0 aliphatic carbocycles. The molecule has 2 atom stereocenters. The normalized spacial score (nSPS) is 15.4. The lowest BCUT2D eigenvalue weighted by Gasteiger charge is -2.27. The Kier molecular flexibility index (Phi) is 8.81. The van der Waals surface area contributed by atoms with Crippen LogP contribution in [0.5, 0.6) is 0 Å². The highest BCUT2D eigenvalue weighted by Gasteiger charge is 2.30. The largest absolute Gasteiger partial charge is 0.319 e. The molecule has 0 N–H and O–H groups in total. The Balaban J connectivity index is 3.07. The Morgan fingerprint density at radius 3 is 1.84 bits per heavy atom. The molecule has 0 heterocycles. The molecule has 0 spiro atoms. The van der Waals surface area contributed by atoms with Crippen LogP contribution in [0.1, 0.15) is 46.1 Å². The average Bonchev–Trinajstić information content (AvgIpc) is 2.50. The van der Waals surface area contributed by atoms with E-state index < -0.39 is 46.1 Å². The van der Waals surface area contributed by atoms with Gasteiger partial charge in [0.25, 0.3) is 0 Å². The van der Waals surface area contributed by atoms with Crippen LogP contribution in [0.2, 0.25) is 0 Å². The van der Waals surface area contributed by atoms with Crippen molar-refractivity contribution in [3.05, 3.63) is 34.6 Å². The summed E-state index contributed by atoms with van der Waals surface area (Å²) in [6.45, 7) is 7.17. The van der Waals surface area contributed by atoms with Crippen LogP contribution in [0.4, 0.5) is 22.0 Å². The Hall–Kier alpha value is -0.210. The maximum Gasteiger partial charge on any atom is 0.248 e. The van der Waals surface area contributed by atoms with Crippen LogP contribution in [-0.4, -0.2) is 12.2 Å². The number of halogens is 5. The first-order valence-corrected chi connectivity index (χ1v) is 11.9. The van der Waals surface area contributed by atoms with E-state index in [1.165, 1.54) is 0 Å². The molecule has 25 heavy (non-hydrogen) atoms. The zero-order valence-electron chi connectivity index (χ0n) is 14.2. The molecule has 0 amide bonds. The fraction of sp³-hybridized carbons (Fsp3) is 0.600. The summed E-state index contributed by atoms with van der Waals surface area (Å²) in [5.41, 5.74) is -3.97. The van der Waals surface area contributed by atoms with Gasteiger partial charge < -0.3 is 9.05 Å². The molecule has 0 radical (unpaired) electrons. The lowest BCUT2D eigenvalue weighted by molar-refractivity contribution is 0.170. The standard InChI is InChI=1S/C15H20F5O2PS2/c1-5-6-9(4)22-23(24,21-8(2)3)25-7-10-11(16)13(18)15(20)14(19)12(10)17/h8-9H,5-7H2,1-4H3. The molecule has 1 aromatic carbocycles. The smallest absolute Gasteiger partial charge is 0.248 e. The number of hydrogen-bond donors (Lipinski definition) is 0. The van der Waals surface area contributed by atoms with Crippen LogP contribution in [0.3, 0.4) is 0 Å². The van der Waals surface area contributed by atoms with Crippen LogP contribution in [-0.2, 0) is 26.6 Å². The van der Waals surface area contributed by atoms with Gasteiger partial charge in [0.15, 0.2) is 23.3 Å². The molecule has 0 saturated carbocycles. The minimum atomic E-state index is -3.03. The van der Waals surface area contributed by atoms with Gasteiger partial charge in [0, 0.05) is 11.3 Å². The number of hydrogen-bond acceptors (Lipinski definition) is 4. The van der Waals surface area contributed by atoms with Crippen LogP contribution in [0.25, 0.3) is 0 Å². The van der Waals surface area contributed by atoms with Gasteiger partial charge >= 0.3 is 0 Å². The average molecular weight is 422 g/mol. The Labute approximate surface area is 153 Å². The fourth-order valence-electron chi connectivity index (χ4n) is 1.94. The molecule has 1 aromatic rings. The summed E-state index contributed by atoms with van der Waals surface area (Å²) in [6.07, 6.45) is 0.964. The van der Waals surface area contributed by atoms with E-state index >= 15 is 0 Å². The third-order valence-corrected chi connectivity index (χ3v) is 8.36. The molecule has 2 nitrogen and oxygen atoms in total. The molecule has 0 aliphatic heterocycles. The zero-order chi connectivity index (χ0) is 19.4. The second-order valence-corrected chi connectivity index (χ2v) is 11.8. The van der Waals surface area contributed by atoms with Gasteiger partial charge in [-0.2, -0.15) is 0 Å². The fourth-order valence-corrected chi connectivity index (χ4v) is 7.33. The quantitative estimate of drug-likeness (QED) is 0.196. The minimum absolute atomic E-state index is 0.251. The van der Waals surface area contributed by atoms with Gasteiger partial charge in [-0.05, 0) is 39.0 Å². The second kappa shape index (κ2) is 9.65. The van der Waals surface area contributed by atoms with E-state index in [0.717, 1.165) is 17.8 Å². The van der Waals surface area contributed by atoms with Crippen LogP contribution in [0, 0.1) is 29.1 Å². The van der Waals surface area contributed by atoms with Crippen LogP contribution in [0.15, 0.2) is 0 Å². The van der Waals surface area contributed by atoms with E-state index in [2.05, 4.69) is 0 Å². The summed E-state index contributed by atoms with van der Waals surface area (Å²) >= 11 is 6.13. The lowest BCUT2D eigenvalue weighted by Crippen LogP contribution is -2.10. The van der Waals surface area contributed by atoms with E-state index in [4.69, 9.17) is 20.9 Å². The van der Waals surface area contributed by atoms with Gasteiger partial charge in [-0.1, -0.05) is 24.7 Å². The van der Waals surface area contributed by atoms with Gasteiger partial charge in [0.2, 0.25) is 11.5 Å². The molecule has 0 aliphatic rings. The van der Waals surface area contributed by atoms with Crippen molar-refractivity contribution in [3.8, 4) is 0 Å². The topological polar surface area (TPSA) is 18.5 Å². The summed E-state index contributed by atoms with van der Waals surface area (Å²) in [7, 11) is 0. The predicted octanol–water partition coefficient (Wildman–Crippen LogP) is 6.47. The number of benzene rings is 1.